The molecule has 0 atom stereocenters. The van der Waals surface area contributed by atoms with Gasteiger partial charge in [-0.25, -0.2) is 4.79 Å². The van der Waals surface area contributed by atoms with Crippen molar-refractivity contribution in [1.82, 2.24) is 4.90 Å². The van der Waals surface area contributed by atoms with Crippen molar-refractivity contribution in [3.8, 4) is 5.75 Å². The molecule has 2 amide bonds. The van der Waals surface area contributed by atoms with Gasteiger partial charge in [-0.3, -0.25) is 0 Å². The second-order valence-corrected chi connectivity index (χ2v) is 7.25. The topological polar surface area (TPSA) is 41.6 Å². The summed E-state index contributed by atoms with van der Waals surface area (Å²) in [6.07, 6.45) is 5.91. The molecule has 4 heteroatoms. The Balaban J connectivity index is 1.39. The van der Waals surface area contributed by atoms with E-state index in [1.54, 1.807) is 0 Å². The quantitative estimate of drug-likeness (QED) is 0.806. The molecule has 4 nitrogen and oxygen atoms in total. The number of piperidine rings is 1. The lowest BCUT2D eigenvalue weighted by Crippen LogP contribution is -2.50. The minimum absolute atomic E-state index is 0.0386. The summed E-state index contributed by atoms with van der Waals surface area (Å²) in [5.41, 5.74) is 4.09. The second-order valence-electron chi connectivity index (χ2n) is 7.25. The average molecular weight is 348 g/mol. The lowest BCUT2D eigenvalue weighted by Gasteiger charge is -2.41. The zero-order valence-corrected chi connectivity index (χ0v) is 15.3. The number of fused-ring (bicyclic) bond motifs is 1. The zero-order valence-electron chi connectivity index (χ0n) is 15.3. The number of urea groups is 1. The molecule has 0 aromatic heterocycles. The Morgan fingerprint density at radius 3 is 2.62 bits per heavy atom. The van der Waals surface area contributed by atoms with Crippen molar-refractivity contribution in [2.45, 2.75) is 32.3 Å². The summed E-state index contributed by atoms with van der Waals surface area (Å²) in [4.78, 5) is 14.5. The van der Waals surface area contributed by atoms with Crippen LogP contribution in [0.4, 0.5) is 10.5 Å². The third-order valence-corrected chi connectivity index (χ3v) is 5.45. The number of rotatable bonds is 1. The number of benzene rings is 2. The Kier molecular flexibility index (Phi) is 4.19. The number of amides is 2. The van der Waals surface area contributed by atoms with Gasteiger partial charge < -0.3 is 15.0 Å². The van der Waals surface area contributed by atoms with Gasteiger partial charge in [-0.15, -0.1) is 0 Å². The predicted octanol–water partition coefficient (Wildman–Crippen LogP) is 4.78. The van der Waals surface area contributed by atoms with Crippen molar-refractivity contribution >= 4 is 17.8 Å². The maximum atomic E-state index is 12.6. The van der Waals surface area contributed by atoms with Gasteiger partial charge in [0, 0.05) is 37.2 Å². The first kappa shape index (κ1) is 16.7. The molecule has 1 fully saturated rings. The van der Waals surface area contributed by atoms with E-state index in [0.29, 0.717) is 13.1 Å². The number of hydrogen-bond acceptors (Lipinski definition) is 2. The highest BCUT2D eigenvalue weighted by Gasteiger charge is 2.37. The molecule has 2 aromatic rings. The van der Waals surface area contributed by atoms with Crippen LogP contribution in [-0.4, -0.2) is 29.6 Å². The number of para-hydroxylation sites is 1. The van der Waals surface area contributed by atoms with Gasteiger partial charge in [0.1, 0.15) is 11.4 Å². The van der Waals surface area contributed by atoms with E-state index in [-0.39, 0.29) is 11.6 Å². The fourth-order valence-electron chi connectivity index (χ4n) is 3.58. The first-order valence-electron chi connectivity index (χ1n) is 9.15. The molecule has 0 radical (unpaired) electrons. The SMILES string of the molecule is Cc1ccc(NC(=O)N2CCC3(C=Cc4ccccc4O3)CC2)cc1C. The van der Waals surface area contributed by atoms with Crippen LogP contribution in [0.3, 0.4) is 0 Å². The molecule has 4 rings (SSSR count). The Bertz CT molecular complexity index is 864. The molecular formula is C22H24N2O2. The number of nitrogens with zero attached hydrogens (tertiary/aromatic N) is 1. The molecular weight excluding hydrogens is 324 g/mol. The molecule has 2 aliphatic rings. The molecule has 2 aromatic carbocycles. The fraction of sp³-hybridized carbons (Fsp3) is 0.318. The second kappa shape index (κ2) is 6.52. The van der Waals surface area contributed by atoms with Crippen molar-refractivity contribution < 1.29 is 9.53 Å². The molecule has 1 spiro atoms. The van der Waals surface area contributed by atoms with Gasteiger partial charge in [-0.05, 0) is 49.2 Å². The minimum atomic E-state index is -0.286. The van der Waals surface area contributed by atoms with Crippen molar-refractivity contribution in [1.29, 1.82) is 0 Å². The molecule has 134 valence electrons. The smallest absolute Gasteiger partial charge is 0.321 e. The summed E-state index contributed by atoms with van der Waals surface area (Å²) in [6, 6.07) is 14.1. The molecule has 0 saturated carbocycles. The molecule has 0 aliphatic carbocycles. The highest BCUT2D eigenvalue weighted by Crippen LogP contribution is 2.37. The number of carbonyl (C=O) groups is 1. The summed E-state index contributed by atoms with van der Waals surface area (Å²) in [5, 5.41) is 3.01. The summed E-state index contributed by atoms with van der Waals surface area (Å²) in [7, 11) is 0. The van der Waals surface area contributed by atoms with Gasteiger partial charge in [0.2, 0.25) is 0 Å². The molecule has 26 heavy (non-hydrogen) atoms. The molecule has 1 N–H and O–H groups in total. The van der Waals surface area contributed by atoms with Crippen LogP contribution < -0.4 is 10.1 Å². The lowest BCUT2D eigenvalue weighted by atomic mass is 9.88. The summed E-state index contributed by atoms with van der Waals surface area (Å²) in [5.74, 6) is 0.933. The van der Waals surface area contributed by atoms with E-state index in [4.69, 9.17) is 4.74 Å². The third-order valence-electron chi connectivity index (χ3n) is 5.45. The molecule has 2 aliphatic heterocycles. The molecule has 2 heterocycles. The van der Waals surface area contributed by atoms with Gasteiger partial charge in [0.25, 0.3) is 0 Å². The van der Waals surface area contributed by atoms with Crippen LogP contribution >= 0.6 is 0 Å². The van der Waals surface area contributed by atoms with E-state index >= 15 is 0 Å². The van der Waals surface area contributed by atoms with Crippen LogP contribution in [0.2, 0.25) is 0 Å². The van der Waals surface area contributed by atoms with Crippen LogP contribution in [0.5, 0.6) is 5.75 Å². The zero-order chi connectivity index (χ0) is 18.1. The highest BCUT2D eigenvalue weighted by atomic mass is 16.5. The number of aryl methyl sites for hydroxylation is 2. The van der Waals surface area contributed by atoms with Crippen LogP contribution in [0.15, 0.2) is 48.5 Å². The summed E-state index contributed by atoms with van der Waals surface area (Å²) >= 11 is 0. The van der Waals surface area contributed by atoms with Crippen LogP contribution in [0, 0.1) is 13.8 Å². The molecule has 0 bridgehead atoms. The number of nitrogens with one attached hydrogen (secondary N) is 1. The number of ether oxygens (including phenoxy) is 1. The largest absolute Gasteiger partial charge is 0.482 e. The van der Waals surface area contributed by atoms with Crippen molar-refractivity contribution in [3.63, 3.8) is 0 Å². The van der Waals surface area contributed by atoms with Gasteiger partial charge in [-0.2, -0.15) is 0 Å². The van der Waals surface area contributed by atoms with E-state index < -0.39 is 0 Å². The first-order valence-corrected chi connectivity index (χ1v) is 9.15. The van der Waals surface area contributed by atoms with Crippen molar-refractivity contribution in [2.75, 3.05) is 18.4 Å². The van der Waals surface area contributed by atoms with Gasteiger partial charge in [-0.1, -0.05) is 30.3 Å². The summed E-state index contributed by atoms with van der Waals surface area (Å²) < 4.78 is 6.29. The van der Waals surface area contributed by atoms with E-state index in [2.05, 4.69) is 37.4 Å². The maximum Gasteiger partial charge on any atom is 0.321 e. The van der Waals surface area contributed by atoms with E-state index in [0.717, 1.165) is 29.8 Å². The number of carbonyl (C=O) groups excluding carboxylic acids is 1. The van der Waals surface area contributed by atoms with Crippen LogP contribution in [-0.2, 0) is 0 Å². The van der Waals surface area contributed by atoms with E-state index in [1.165, 1.54) is 11.1 Å². The van der Waals surface area contributed by atoms with E-state index in [1.807, 2.05) is 41.3 Å². The molecule has 1 saturated heterocycles. The van der Waals surface area contributed by atoms with Gasteiger partial charge in [0.05, 0.1) is 0 Å². The molecule has 0 unspecified atom stereocenters. The van der Waals surface area contributed by atoms with E-state index in [9.17, 15) is 4.79 Å². The van der Waals surface area contributed by atoms with Crippen molar-refractivity contribution in [2.24, 2.45) is 0 Å². The fourth-order valence-corrected chi connectivity index (χ4v) is 3.58. The Morgan fingerprint density at radius 2 is 1.85 bits per heavy atom. The normalized spacial score (nSPS) is 17.5. The lowest BCUT2D eigenvalue weighted by molar-refractivity contribution is 0.0519. The standard InChI is InChI=1S/C22H24N2O2/c1-16-7-8-19(15-17(16)2)23-21(25)24-13-11-22(12-14-24)10-9-18-5-3-4-6-20(18)26-22/h3-10,15H,11-14H2,1-2H3,(H,23,25). The number of hydrogen-bond donors (Lipinski definition) is 1. The number of anilines is 1. The van der Waals surface area contributed by atoms with Crippen molar-refractivity contribution in [3.05, 3.63) is 65.2 Å². The van der Waals surface area contributed by atoms with Crippen LogP contribution in [0.1, 0.15) is 29.5 Å². The average Bonchev–Trinajstić information content (AvgIpc) is 2.65. The Labute approximate surface area is 154 Å². The highest BCUT2D eigenvalue weighted by molar-refractivity contribution is 5.89. The van der Waals surface area contributed by atoms with Gasteiger partial charge in [0.15, 0.2) is 0 Å². The predicted molar refractivity (Wildman–Crippen MR) is 105 cm³/mol. The third kappa shape index (κ3) is 3.19. The Hall–Kier alpha value is -2.75. The number of likely N-dealkylation sites (tertiary alicyclic amines) is 1. The minimum Gasteiger partial charge on any atom is -0.482 e. The van der Waals surface area contributed by atoms with Gasteiger partial charge >= 0.3 is 6.03 Å². The summed E-state index contributed by atoms with van der Waals surface area (Å²) in [6.45, 7) is 5.49. The Morgan fingerprint density at radius 1 is 1.08 bits per heavy atom. The maximum absolute atomic E-state index is 12.6. The monoisotopic (exact) mass is 348 g/mol. The first-order chi connectivity index (χ1) is 12.5. The van der Waals surface area contributed by atoms with Crippen LogP contribution in [0.25, 0.3) is 6.08 Å².